The molecule has 2 fully saturated rings. The van der Waals surface area contributed by atoms with Gasteiger partial charge in [-0.3, -0.25) is 14.2 Å². The molecule has 0 saturated carbocycles. The summed E-state index contributed by atoms with van der Waals surface area (Å²) >= 11 is 0. The van der Waals surface area contributed by atoms with Crippen LogP contribution in [0, 0.1) is 0 Å². The molecule has 3 aromatic rings. The zero-order chi connectivity index (χ0) is 25.9. The van der Waals surface area contributed by atoms with Crippen molar-refractivity contribution in [2.24, 2.45) is 0 Å². The van der Waals surface area contributed by atoms with Gasteiger partial charge < -0.3 is 19.9 Å². The first kappa shape index (κ1) is 25.2. The molecule has 1 N–H and O–H groups in total. The summed E-state index contributed by atoms with van der Waals surface area (Å²) in [4.78, 5) is 41.0. The summed E-state index contributed by atoms with van der Waals surface area (Å²) < 4.78 is 6.80. The predicted octanol–water partition coefficient (Wildman–Crippen LogP) is 3.06. The van der Waals surface area contributed by atoms with Crippen LogP contribution in [-0.4, -0.2) is 70.7 Å². The Morgan fingerprint density at radius 2 is 1.84 bits per heavy atom. The van der Waals surface area contributed by atoms with Gasteiger partial charge in [0, 0.05) is 30.7 Å². The number of carbonyl (C=O) groups excluding carboxylic acids is 1. The van der Waals surface area contributed by atoms with E-state index in [1.165, 1.54) is 30.5 Å². The molecule has 1 amide bonds. The van der Waals surface area contributed by atoms with Gasteiger partial charge in [-0.25, -0.2) is 9.97 Å². The van der Waals surface area contributed by atoms with Crippen LogP contribution in [0.4, 0.5) is 5.82 Å². The highest BCUT2D eigenvalue weighted by Crippen LogP contribution is 2.26. The molecule has 4 heterocycles. The molecule has 0 atom stereocenters. The number of aromatic nitrogens is 3. The van der Waals surface area contributed by atoms with Crippen molar-refractivity contribution in [3.63, 3.8) is 0 Å². The van der Waals surface area contributed by atoms with Gasteiger partial charge in [-0.2, -0.15) is 0 Å². The van der Waals surface area contributed by atoms with Crippen molar-refractivity contribution in [2.45, 2.75) is 58.2 Å². The molecule has 5 rings (SSSR count). The number of likely N-dealkylation sites (tertiary alicyclic amines) is 1. The average molecular weight is 505 g/mol. The number of amides is 1. The Morgan fingerprint density at radius 1 is 1.08 bits per heavy atom. The molecule has 9 heteroatoms. The van der Waals surface area contributed by atoms with Crippen LogP contribution < -0.4 is 20.5 Å². The largest absolute Gasteiger partial charge is 0.497 e. The molecule has 9 nitrogen and oxygen atoms in total. The number of rotatable bonds is 7. The number of hydrogen-bond donors (Lipinski definition) is 1. The van der Waals surface area contributed by atoms with Crippen LogP contribution in [0.25, 0.3) is 22.4 Å². The standard InChI is InChI=1S/C28H36N6O3/c1-19(2)29-25(35)18-34-27(20-7-6-8-22(17-20)37-3)30-23-9-10-24(31-26(23)28(34)36)33-15-11-21(12-16-33)32-13-4-5-14-32/h6-10,17,19,21H,4-5,11-16,18H2,1-3H3,(H,29,35). The Hall–Kier alpha value is -3.46. The number of fused-ring (bicyclic) bond motifs is 1. The second-order valence-corrected chi connectivity index (χ2v) is 10.3. The molecular formula is C28H36N6O3. The van der Waals surface area contributed by atoms with Gasteiger partial charge in [0.2, 0.25) is 5.91 Å². The van der Waals surface area contributed by atoms with Crippen molar-refractivity contribution < 1.29 is 9.53 Å². The van der Waals surface area contributed by atoms with Crippen molar-refractivity contribution in [1.82, 2.24) is 24.8 Å². The van der Waals surface area contributed by atoms with Crippen LogP contribution >= 0.6 is 0 Å². The van der Waals surface area contributed by atoms with Crippen molar-refractivity contribution >= 4 is 22.8 Å². The number of methoxy groups -OCH3 is 1. The van der Waals surface area contributed by atoms with E-state index in [1.807, 2.05) is 50.2 Å². The molecule has 2 aliphatic heterocycles. The first-order valence-electron chi connectivity index (χ1n) is 13.3. The smallest absolute Gasteiger partial charge is 0.280 e. The third kappa shape index (κ3) is 5.46. The molecule has 2 aliphatic rings. The van der Waals surface area contributed by atoms with Crippen LogP contribution in [0.3, 0.4) is 0 Å². The number of nitrogens with one attached hydrogen (secondary N) is 1. The van der Waals surface area contributed by atoms with Crippen molar-refractivity contribution in [3.05, 3.63) is 46.8 Å². The highest BCUT2D eigenvalue weighted by Gasteiger charge is 2.27. The summed E-state index contributed by atoms with van der Waals surface area (Å²) in [6, 6.07) is 11.8. The Bertz CT molecular complexity index is 1320. The maximum Gasteiger partial charge on any atom is 0.280 e. The van der Waals surface area contributed by atoms with E-state index in [-0.39, 0.29) is 29.6 Å². The van der Waals surface area contributed by atoms with Crippen LogP contribution in [0.2, 0.25) is 0 Å². The van der Waals surface area contributed by atoms with Crippen LogP contribution in [0.15, 0.2) is 41.2 Å². The maximum atomic E-state index is 13.8. The van der Waals surface area contributed by atoms with E-state index < -0.39 is 0 Å². The summed E-state index contributed by atoms with van der Waals surface area (Å²) in [6.07, 6.45) is 4.82. The van der Waals surface area contributed by atoms with Gasteiger partial charge in [0.1, 0.15) is 23.9 Å². The fourth-order valence-electron chi connectivity index (χ4n) is 5.47. The summed E-state index contributed by atoms with van der Waals surface area (Å²) in [5.41, 5.74) is 1.17. The minimum atomic E-state index is -0.324. The third-order valence-corrected chi connectivity index (χ3v) is 7.31. The molecule has 0 aliphatic carbocycles. The summed E-state index contributed by atoms with van der Waals surface area (Å²) in [5.74, 6) is 1.60. The SMILES string of the molecule is COc1cccc(-c2nc3ccc(N4CCC(N5CCCC5)CC4)nc3c(=O)n2CC(=O)NC(C)C)c1. The van der Waals surface area contributed by atoms with Gasteiger partial charge >= 0.3 is 0 Å². The number of nitrogens with zero attached hydrogens (tertiary/aromatic N) is 5. The average Bonchev–Trinajstić information content (AvgIpc) is 3.45. The normalized spacial score (nSPS) is 17.0. The zero-order valence-electron chi connectivity index (χ0n) is 21.9. The van der Waals surface area contributed by atoms with Gasteiger partial charge in [-0.15, -0.1) is 0 Å². The number of anilines is 1. The number of pyridine rings is 1. The quantitative estimate of drug-likeness (QED) is 0.529. The van der Waals surface area contributed by atoms with Crippen molar-refractivity contribution in [1.29, 1.82) is 0 Å². The number of benzene rings is 1. The Balaban J connectivity index is 1.49. The summed E-state index contributed by atoms with van der Waals surface area (Å²) in [6.45, 7) is 7.90. The minimum Gasteiger partial charge on any atom is -0.497 e. The monoisotopic (exact) mass is 504 g/mol. The summed E-state index contributed by atoms with van der Waals surface area (Å²) in [5, 5.41) is 2.87. The zero-order valence-corrected chi connectivity index (χ0v) is 21.9. The van der Waals surface area contributed by atoms with Crippen molar-refractivity contribution in [3.8, 4) is 17.1 Å². The lowest BCUT2D eigenvalue weighted by Crippen LogP contribution is -2.44. The second kappa shape index (κ2) is 10.9. The van der Waals surface area contributed by atoms with E-state index in [0.717, 1.165) is 31.7 Å². The number of ether oxygens (including phenoxy) is 1. The highest BCUT2D eigenvalue weighted by molar-refractivity contribution is 5.80. The Labute approximate surface area is 217 Å². The van der Waals surface area contributed by atoms with Crippen LogP contribution in [0.1, 0.15) is 39.5 Å². The van der Waals surface area contributed by atoms with E-state index in [4.69, 9.17) is 14.7 Å². The Kier molecular flexibility index (Phi) is 7.41. The fourth-order valence-corrected chi connectivity index (χ4v) is 5.47. The lowest BCUT2D eigenvalue weighted by Gasteiger charge is -2.37. The lowest BCUT2D eigenvalue weighted by molar-refractivity contribution is -0.122. The van der Waals surface area contributed by atoms with E-state index in [0.29, 0.717) is 28.7 Å². The van der Waals surface area contributed by atoms with E-state index >= 15 is 0 Å². The lowest BCUT2D eigenvalue weighted by atomic mass is 10.0. The van der Waals surface area contributed by atoms with E-state index in [9.17, 15) is 9.59 Å². The van der Waals surface area contributed by atoms with Gasteiger partial charge in [0.25, 0.3) is 5.56 Å². The van der Waals surface area contributed by atoms with E-state index in [1.54, 1.807) is 7.11 Å². The maximum absolute atomic E-state index is 13.8. The van der Waals surface area contributed by atoms with Gasteiger partial charge in [0.15, 0.2) is 5.52 Å². The topological polar surface area (TPSA) is 92.6 Å². The first-order valence-corrected chi connectivity index (χ1v) is 13.3. The molecule has 2 saturated heterocycles. The first-order chi connectivity index (χ1) is 17.9. The predicted molar refractivity (Wildman–Crippen MR) is 145 cm³/mol. The number of carbonyl (C=O) groups is 1. The molecular weight excluding hydrogens is 468 g/mol. The second-order valence-electron chi connectivity index (χ2n) is 10.3. The van der Waals surface area contributed by atoms with Crippen LogP contribution in [-0.2, 0) is 11.3 Å². The molecule has 0 radical (unpaired) electrons. The molecule has 1 aromatic carbocycles. The fraction of sp³-hybridized carbons (Fsp3) is 0.500. The van der Waals surface area contributed by atoms with Gasteiger partial charge in [-0.1, -0.05) is 12.1 Å². The number of hydrogen-bond acceptors (Lipinski definition) is 7. The molecule has 0 unspecified atom stereocenters. The molecule has 2 aromatic heterocycles. The van der Waals surface area contributed by atoms with E-state index in [2.05, 4.69) is 15.1 Å². The molecule has 0 spiro atoms. The molecule has 196 valence electrons. The van der Waals surface area contributed by atoms with Crippen molar-refractivity contribution in [2.75, 3.05) is 38.2 Å². The Morgan fingerprint density at radius 3 is 2.54 bits per heavy atom. The molecule has 0 bridgehead atoms. The minimum absolute atomic E-state index is 0.0369. The van der Waals surface area contributed by atoms with Gasteiger partial charge in [0.05, 0.1) is 12.6 Å². The summed E-state index contributed by atoms with van der Waals surface area (Å²) in [7, 11) is 1.59. The highest BCUT2D eigenvalue weighted by atomic mass is 16.5. The number of piperidine rings is 1. The van der Waals surface area contributed by atoms with Gasteiger partial charge in [-0.05, 0) is 76.9 Å². The third-order valence-electron chi connectivity index (χ3n) is 7.31. The molecule has 37 heavy (non-hydrogen) atoms. The van der Waals surface area contributed by atoms with Crippen LogP contribution in [0.5, 0.6) is 5.75 Å².